The first-order valence-corrected chi connectivity index (χ1v) is 9.22. The highest BCUT2D eigenvalue weighted by Gasteiger charge is 2.39. The van der Waals surface area contributed by atoms with Gasteiger partial charge in [-0.3, -0.25) is 4.90 Å². The van der Waals surface area contributed by atoms with Crippen LogP contribution in [0.2, 0.25) is 5.02 Å². The van der Waals surface area contributed by atoms with Crippen molar-refractivity contribution in [3.63, 3.8) is 0 Å². The van der Waals surface area contributed by atoms with Crippen molar-refractivity contribution < 1.29 is 13.9 Å². The third-order valence-electron chi connectivity index (χ3n) is 5.20. The van der Waals surface area contributed by atoms with Gasteiger partial charge in [-0.15, -0.1) is 0 Å². The van der Waals surface area contributed by atoms with Gasteiger partial charge < -0.3 is 13.9 Å². The van der Waals surface area contributed by atoms with Gasteiger partial charge in [0.2, 0.25) is 0 Å². The summed E-state index contributed by atoms with van der Waals surface area (Å²) in [4.78, 5) is 14.3. The molecule has 0 saturated carbocycles. The summed E-state index contributed by atoms with van der Waals surface area (Å²) in [7, 11) is 0. The van der Waals surface area contributed by atoms with Crippen LogP contribution in [0.15, 0.2) is 27.4 Å². The first-order chi connectivity index (χ1) is 12.1. The molecule has 1 aromatic carbocycles. The van der Waals surface area contributed by atoms with Crippen LogP contribution in [0.5, 0.6) is 0 Å². The van der Waals surface area contributed by atoms with Crippen LogP contribution in [-0.2, 0) is 22.4 Å². The van der Waals surface area contributed by atoms with Crippen molar-refractivity contribution in [2.75, 3.05) is 26.3 Å². The molecule has 0 amide bonds. The van der Waals surface area contributed by atoms with Crippen molar-refractivity contribution in [2.24, 2.45) is 0 Å². The van der Waals surface area contributed by atoms with Crippen molar-refractivity contribution in [2.45, 2.75) is 38.5 Å². The quantitative estimate of drug-likeness (QED) is 0.783. The molecule has 2 aliphatic heterocycles. The Morgan fingerprint density at radius 3 is 2.52 bits per heavy atom. The Balaban J connectivity index is 1.59. The molecule has 0 atom stereocenters. The van der Waals surface area contributed by atoms with Gasteiger partial charge in [-0.25, -0.2) is 4.79 Å². The summed E-state index contributed by atoms with van der Waals surface area (Å²) in [6.45, 7) is 5.85. The summed E-state index contributed by atoms with van der Waals surface area (Å²) >= 11 is 6.37. The van der Waals surface area contributed by atoms with Gasteiger partial charge in [-0.05, 0) is 29.7 Å². The molecule has 0 radical (unpaired) electrons. The van der Waals surface area contributed by atoms with E-state index in [-0.39, 0.29) is 11.4 Å². The highest BCUT2D eigenvalue weighted by atomic mass is 35.5. The molecule has 0 bridgehead atoms. The largest absolute Gasteiger partial charge is 0.423 e. The Morgan fingerprint density at radius 1 is 1.12 bits per heavy atom. The monoisotopic (exact) mass is 363 g/mol. The van der Waals surface area contributed by atoms with E-state index in [0.717, 1.165) is 53.9 Å². The fourth-order valence-corrected chi connectivity index (χ4v) is 4.07. The number of rotatable bonds is 3. The zero-order chi connectivity index (χ0) is 17.4. The van der Waals surface area contributed by atoms with E-state index in [0.29, 0.717) is 25.3 Å². The van der Waals surface area contributed by atoms with Crippen molar-refractivity contribution >= 4 is 22.6 Å². The van der Waals surface area contributed by atoms with E-state index in [4.69, 9.17) is 25.5 Å². The molecule has 2 fully saturated rings. The molecule has 6 heteroatoms. The summed E-state index contributed by atoms with van der Waals surface area (Å²) in [6.07, 6.45) is 2.51. The summed E-state index contributed by atoms with van der Waals surface area (Å²) in [5.41, 5.74) is 2.24. The number of piperidine rings is 1. The summed E-state index contributed by atoms with van der Waals surface area (Å²) < 4.78 is 17.0. The Labute approximate surface area is 151 Å². The van der Waals surface area contributed by atoms with Crippen molar-refractivity contribution in [1.82, 2.24) is 4.90 Å². The van der Waals surface area contributed by atoms with Gasteiger partial charge in [-0.2, -0.15) is 0 Å². The van der Waals surface area contributed by atoms with Crippen LogP contribution < -0.4 is 5.63 Å². The van der Waals surface area contributed by atoms with Gasteiger partial charge >= 0.3 is 5.63 Å². The molecule has 0 N–H and O–H groups in total. The molecule has 5 nitrogen and oxygen atoms in total. The number of benzene rings is 1. The maximum Gasteiger partial charge on any atom is 0.336 e. The Morgan fingerprint density at radius 2 is 1.84 bits per heavy atom. The van der Waals surface area contributed by atoms with Gasteiger partial charge in [0.1, 0.15) is 5.58 Å². The van der Waals surface area contributed by atoms with Gasteiger partial charge in [0.25, 0.3) is 0 Å². The van der Waals surface area contributed by atoms with Crippen molar-refractivity contribution in [1.29, 1.82) is 0 Å². The lowest BCUT2D eigenvalue weighted by molar-refractivity contribution is -0.185. The van der Waals surface area contributed by atoms with Gasteiger partial charge in [0.05, 0.1) is 13.2 Å². The lowest BCUT2D eigenvalue weighted by Gasteiger charge is -2.37. The summed E-state index contributed by atoms with van der Waals surface area (Å²) in [5.74, 6) is -0.381. The molecule has 134 valence electrons. The molecular weight excluding hydrogens is 342 g/mol. The second-order valence-electron chi connectivity index (χ2n) is 6.77. The molecular formula is C19H22ClNO4. The maximum atomic E-state index is 12.0. The van der Waals surface area contributed by atoms with Gasteiger partial charge in [0, 0.05) is 49.0 Å². The zero-order valence-corrected chi connectivity index (χ0v) is 15.1. The van der Waals surface area contributed by atoms with Crippen LogP contribution >= 0.6 is 11.6 Å². The number of fused-ring (bicyclic) bond motifs is 1. The molecule has 0 aliphatic carbocycles. The first-order valence-electron chi connectivity index (χ1n) is 8.84. The van der Waals surface area contributed by atoms with Crippen LogP contribution in [-0.4, -0.2) is 37.0 Å². The number of ether oxygens (including phenoxy) is 2. The maximum absolute atomic E-state index is 12.0. The van der Waals surface area contributed by atoms with Crippen molar-refractivity contribution in [3.8, 4) is 0 Å². The average molecular weight is 364 g/mol. The normalized spacial score (nSPS) is 20.6. The van der Waals surface area contributed by atoms with Crippen LogP contribution in [0.3, 0.4) is 0 Å². The summed E-state index contributed by atoms with van der Waals surface area (Å²) in [6, 6.07) is 5.38. The molecule has 1 spiro atoms. The van der Waals surface area contributed by atoms with Crippen LogP contribution in [0.25, 0.3) is 11.0 Å². The summed E-state index contributed by atoms with van der Waals surface area (Å²) in [5, 5.41) is 1.63. The molecule has 1 aromatic heterocycles. The smallest absolute Gasteiger partial charge is 0.336 e. The van der Waals surface area contributed by atoms with E-state index >= 15 is 0 Å². The van der Waals surface area contributed by atoms with E-state index in [1.54, 1.807) is 6.07 Å². The SMILES string of the molecule is CCc1cc2oc(=O)cc(CN3CCC4(CC3)OCCO4)c2cc1Cl. The van der Waals surface area contributed by atoms with E-state index < -0.39 is 0 Å². The predicted molar refractivity (Wildman–Crippen MR) is 96.0 cm³/mol. The molecule has 3 heterocycles. The Hall–Kier alpha value is -1.40. The highest BCUT2D eigenvalue weighted by Crippen LogP contribution is 2.32. The van der Waals surface area contributed by atoms with Gasteiger partial charge in [-0.1, -0.05) is 18.5 Å². The first kappa shape index (κ1) is 17.0. The number of hydrogen-bond acceptors (Lipinski definition) is 5. The molecule has 0 unspecified atom stereocenters. The van der Waals surface area contributed by atoms with E-state index in [1.807, 2.05) is 19.1 Å². The van der Waals surface area contributed by atoms with Gasteiger partial charge in [0.15, 0.2) is 5.79 Å². The molecule has 2 saturated heterocycles. The van der Waals surface area contributed by atoms with Crippen LogP contribution in [0.1, 0.15) is 30.9 Å². The minimum absolute atomic E-state index is 0.317. The fourth-order valence-electron chi connectivity index (χ4n) is 3.77. The second kappa shape index (κ2) is 6.72. The van der Waals surface area contributed by atoms with Crippen LogP contribution in [0.4, 0.5) is 0 Å². The second-order valence-corrected chi connectivity index (χ2v) is 7.17. The zero-order valence-electron chi connectivity index (χ0n) is 14.3. The average Bonchev–Trinajstić information content (AvgIpc) is 3.05. The molecule has 4 rings (SSSR count). The fraction of sp³-hybridized carbons (Fsp3) is 0.526. The number of aryl methyl sites for hydroxylation is 1. The molecule has 2 aromatic rings. The highest BCUT2D eigenvalue weighted by molar-refractivity contribution is 6.32. The third kappa shape index (κ3) is 3.34. The van der Waals surface area contributed by atoms with Crippen LogP contribution in [0, 0.1) is 0 Å². The van der Waals surface area contributed by atoms with E-state index in [9.17, 15) is 4.79 Å². The number of nitrogens with zero attached hydrogens (tertiary/aromatic N) is 1. The predicted octanol–water partition coefficient (Wildman–Crippen LogP) is 3.35. The lowest BCUT2D eigenvalue weighted by Crippen LogP contribution is -2.44. The topological polar surface area (TPSA) is 51.9 Å². The lowest BCUT2D eigenvalue weighted by atomic mass is 10.0. The molecule has 25 heavy (non-hydrogen) atoms. The molecule has 2 aliphatic rings. The minimum Gasteiger partial charge on any atom is -0.423 e. The standard InChI is InChI=1S/C19H22ClNO4/c1-2-13-9-17-15(11-16(13)20)14(10-18(22)25-17)12-21-5-3-19(4-6-21)23-7-8-24-19/h9-11H,2-8,12H2,1H3. The van der Waals surface area contributed by atoms with E-state index in [2.05, 4.69) is 4.90 Å². The Bertz CT molecular complexity index is 831. The van der Waals surface area contributed by atoms with E-state index in [1.165, 1.54) is 0 Å². The Kier molecular flexibility index (Phi) is 4.58. The minimum atomic E-state index is -0.381. The number of halogens is 1. The third-order valence-corrected chi connectivity index (χ3v) is 5.56. The van der Waals surface area contributed by atoms with Crippen molar-refractivity contribution in [3.05, 3.63) is 44.8 Å². The number of likely N-dealkylation sites (tertiary alicyclic amines) is 1. The number of hydrogen-bond donors (Lipinski definition) is 0.